The summed E-state index contributed by atoms with van der Waals surface area (Å²) >= 11 is 6.09. The van der Waals surface area contributed by atoms with E-state index in [0.29, 0.717) is 18.0 Å². The maximum Gasteiger partial charge on any atom is 0.251 e. The predicted molar refractivity (Wildman–Crippen MR) is 67.7 cm³/mol. The molecule has 0 saturated heterocycles. The molecule has 1 aromatic carbocycles. The SMILES string of the molecule is COc1cc(C(=O)NCC(Cl)C2CC2)ccc1F. The molecule has 0 aromatic heterocycles. The topological polar surface area (TPSA) is 38.3 Å². The van der Waals surface area contributed by atoms with Gasteiger partial charge < -0.3 is 10.1 Å². The Morgan fingerprint density at radius 3 is 2.94 bits per heavy atom. The number of methoxy groups -OCH3 is 1. The van der Waals surface area contributed by atoms with Crippen LogP contribution in [-0.2, 0) is 0 Å². The molecule has 3 nitrogen and oxygen atoms in total. The smallest absolute Gasteiger partial charge is 0.251 e. The first-order valence-electron chi connectivity index (χ1n) is 5.87. The fourth-order valence-corrected chi connectivity index (χ4v) is 2.05. The summed E-state index contributed by atoms with van der Waals surface area (Å²) in [5.74, 6) is -0.163. The van der Waals surface area contributed by atoms with Gasteiger partial charge >= 0.3 is 0 Å². The Morgan fingerprint density at radius 1 is 1.61 bits per heavy atom. The zero-order valence-electron chi connectivity index (χ0n) is 10.1. The highest BCUT2D eigenvalue weighted by molar-refractivity contribution is 6.21. The molecule has 1 amide bonds. The summed E-state index contributed by atoms with van der Waals surface area (Å²) < 4.78 is 18.0. The molecule has 1 unspecified atom stereocenters. The minimum absolute atomic E-state index is 0.0173. The summed E-state index contributed by atoms with van der Waals surface area (Å²) in [6, 6.07) is 4.02. The number of benzene rings is 1. The molecule has 2 rings (SSSR count). The van der Waals surface area contributed by atoms with E-state index in [1.807, 2.05) is 0 Å². The van der Waals surface area contributed by atoms with Crippen LogP contribution in [0, 0.1) is 11.7 Å². The van der Waals surface area contributed by atoms with Gasteiger partial charge in [0.1, 0.15) is 0 Å². The average Bonchev–Trinajstić information content (AvgIpc) is 3.20. The van der Waals surface area contributed by atoms with E-state index in [9.17, 15) is 9.18 Å². The van der Waals surface area contributed by atoms with E-state index in [1.165, 1.54) is 25.3 Å². The molecule has 18 heavy (non-hydrogen) atoms. The van der Waals surface area contributed by atoms with Gasteiger partial charge in [0.25, 0.3) is 5.91 Å². The van der Waals surface area contributed by atoms with Crippen molar-refractivity contribution in [3.8, 4) is 5.75 Å². The Balaban J connectivity index is 1.95. The maximum atomic E-state index is 13.2. The van der Waals surface area contributed by atoms with Gasteiger partial charge in [0.05, 0.1) is 12.5 Å². The summed E-state index contributed by atoms with van der Waals surface area (Å²) in [5.41, 5.74) is 0.368. The van der Waals surface area contributed by atoms with Gasteiger partial charge in [-0.05, 0) is 37.0 Å². The van der Waals surface area contributed by atoms with Crippen LogP contribution in [0.1, 0.15) is 23.2 Å². The largest absolute Gasteiger partial charge is 0.494 e. The molecule has 5 heteroatoms. The standard InChI is InChI=1S/C13H15ClFNO2/c1-18-12-6-9(4-5-11(12)15)13(17)16-7-10(14)8-2-3-8/h4-6,8,10H,2-3,7H2,1H3,(H,16,17). The van der Waals surface area contributed by atoms with Gasteiger partial charge in [0, 0.05) is 12.1 Å². The van der Waals surface area contributed by atoms with E-state index in [1.54, 1.807) is 0 Å². The van der Waals surface area contributed by atoms with E-state index >= 15 is 0 Å². The minimum Gasteiger partial charge on any atom is -0.494 e. The number of hydrogen-bond donors (Lipinski definition) is 1. The van der Waals surface area contributed by atoms with Gasteiger partial charge in [0.15, 0.2) is 11.6 Å². The highest BCUT2D eigenvalue weighted by Crippen LogP contribution is 2.35. The van der Waals surface area contributed by atoms with E-state index in [2.05, 4.69) is 5.32 Å². The van der Waals surface area contributed by atoms with Crippen LogP contribution in [0.2, 0.25) is 0 Å². The summed E-state index contributed by atoms with van der Waals surface area (Å²) in [7, 11) is 1.36. The molecule has 0 spiro atoms. The number of carbonyl (C=O) groups excluding carboxylic acids is 1. The van der Waals surface area contributed by atoms with Crippen LogP contribution in [0.4, 0.5) is 4.39 Å². The van der Waals surface area contributed by atoms with Crippen molar-refractivity contribution in [3.05, 3.63) is 29.6 Å². The highest BCUT2D eigenvalue weighted by atomic mass is 35.5. The van der Waals surface area contributed by atoms with Gasteiger partial charge in [-0.1, -0.05) is 0 Å². The summed E-state index contributed by atoms with van der Waals surface area (Å²) in [5, 5.41) is 2.72. The van der Waals surface area contributed by atoms with E-state index in [-0.39, 0.29) is 17.0 Å². The van der Waals surface area contributed by atoms with E-state index in [4.69, 9.17) is 16.3 Å². The Morgan fingerprint density at radius 2 is 2.33 bits per heavy atom. The van der Waals surface area contributed by atoms with Crippen LogP contribution < -0.4 is 10.1 Å². The van der Waals surface area contributed by atoms with Crippen molar-refractivity contribution in [2.45, 2.75) is 18.2 Å². The number of rotatable bonds is 5. The third-order valence-electron chi connectivity index (χ3n) is 3.00. The molecule has 0 aliphatic heterocycles. The first-order valence-corrected chi connectivity index (χ1v) is 6.31. The third kappa shape index (κ3) is 3.13. The molecule has 1 saturated carbocycles. The normalized spacial score (nSPS) is 16.2. The second-order valence-electron chi connectivity index (χ2n) is 4.41. The van der Waals surface area contributed by atoms with Gasteiger partial charge in [-0.15, -0.1) is 11.6 Å². The maximum absolute atomic E-state index is 13.2. The zero-order valence-corrected chi connectivity index (χ0v) is 10.8. The van der Waals surface area contributed by atoms with Crippen molar-refractivity contribution >= 4 is 17.5 Å². The van der Waals surface area contributed by atoms with Crippen LogP contribution in [-0.4, -0.2) is 24.9 Å². The van der Waals surface area contributed by atoms with Crippen molar-refractivity contribution in [1.82, 2.24) is 5.32 Å². The molecule has 1 fully saturated rings. The zero-order chi connectivity index (χ0) is 13.1. The van der Waals surface area contributed by atoms with Crippen LogP contribution in [0.5, 0.6) is 5.75 Å². The van der Waals surface area contributed by atoms with Crippen molar-refractivity contribution in [2.75, 3.05) is 13.7 Å². The second kappa shape index (κ2) is 5.57. The molecule has 1 atom stereocenters. The molecule has 1 N–H and O–H groups in total. The molecule has 0 bridgehead atoms. The predicted octanol–water partition coefficient (Wildman–Crippen LogP) is 2.58. The fraction of sp³-hybridized carbons (Fsp3) is 0.462. The number of nitrogens with one attached hydrogen (secondary N) is 1. The lowest BCUT2D eigenvalue weighted by Crippen LogP contribution is -2.30. The second-order valence-corrected chi connectivity index (χ2v) is 4.97. The van der Waals surface area contributed by atoms with Gasteiger partial charge in [-0.25, -0.2) is 4.39 Å². The third-order valence-corrected chi connectivity index (χ3v) is 3.52. The van der Waals surface area contributed by atoms with Crippen LogP contribution >= 0.6 is 11.6 Å². The molecule has 0 radical (unpaired) electrons. The van der Waals surface area contributed by atoms with Gasteiger partial charge in [0.2, 0.25) is 0 Å². The van der Waals surface area contributed by atoms with Gasteiger partial charge in [-0.3, -0.25) is 4.79 Å². The number of alkyl halides is 1. The fourth-order valence-electron chi connectivity index (χ4n) is 1.72. The molecular weight excluding hydrogens is 257 g/mol. The lowest BCUT2D eigenvalue weighted by atomic mass is 10.2. The van der Waals surface area contributed by atoms with Gasteiger partial charge in [-0.2, -0.15) is 0 Å². The van der Waals surface area contributed by atoms with Crippen LogP contribution in [0.15, 0.2) is 18.2 Å². The van der Waals surface area contributed by atoms with Crippen LogP contribution in [0.25, 0.3) is 0 Å². The van der Waals surface area contributed by atoms with Crippen molar-refractivity contribution in [2.24, 2.45) is 5.92 Å². The van der Waals surface area contributed by atoms with Crippen molar-refractivity contribution in [1.29, 1.82) is 0 Å². The lowest BCUT2D eigenvalue weighted by molar-refractivity contribution is 0.0952. The summed E-state index contributed by atoms with van der Waals surface area (Å²) in [6.07, 6.45) is 2.27. The molecule has 0 heterocycles. The quantitative estimate of drug-likeness (QED) is 0.836. The minimum atomic E-state index is -0.484. The van der Waals surface area contributed by atoms with Crippen molar-refractivity contribution < 1.29 is 13.9 Å². The number of carbonyl (C=O) groups is 1. The first kappa shape index (κ1) is 13.1. The molecular formula is C13H15ClFNO2. The monoisotopic (exact) mass is 271 g/mol. The van der Waals surface area contributed by atoms with Crippen molar-refractivity contribution in [3.63, 3.8) is 0 Å². The Labute approximate surface area is 110 Å². The average molecular weight is 272 g/mol. The Hall–Kier alpha value is -1.29. The number of hydrogen-bond acceptors (Lipinski definition) is 2. The first-order chi connectivity index (χ1) is 8.61. The highest BCUT2D eigenvalue weighted by Gasteiger charge is 2.29. The summed E-state index contributed by atoms with van der Waals surface area (Å²) in [4.78, 5) is 11.8. The number of ether oxygens (including phenoxy) is 1. The number of amides is 1. The Bertz CT molecular complexity index is 449. The Kier molecular flexibility index (Phi) is 4.07. The van der Waals surface area contributed by atoms with E-state index < -0.39 is 5.82 Å². The molecule has 98 valence electrons. The number of halogens is 2. The molecule has 1 aliphatic carbocycles. The summed E-state index contributed by atoms with van der Waals surface area (Å²) in [6.45, 7) is 0.435. The molecule has 1 aromatic rings. The molecule has 1 aliphatic rings. The lowest BCUT2D eigenvalue weighted by Gasteiger charge is -2.10. The van der Waals surface area contributed by atoms with Crippen LogP contribution in [0.3, 0.4) is 0 Å². The van der Waals surface area contributed by atoms with E-state index in [0.717, 1.165) is 12.8 Å².